The maximum Gasteiger partial charge on any atom is 0.0401 e. The van der Waals surface area contributed by atoms with Gasteiger partial charge in [-0.1, -0.05) is 39.0 Å². The highest BCUT2D eigenvalue weighted by molar-refractivity contribution is 5.56. The van der Waals surface area contributed by atoms with Gasteiger partial charge < -0.3 is 4.90 Å². The highest BCUT2D eigenvalue weighted by atomic mass is 15.2. The van der Waals surface area contributed by atoms with E-state index in [-0.39, 0.29) is 0 Å². The number of para-hydroxylation sites is 1. The number of rotatable bonds is 1. The largest absolute Gasteiger partial charge is 0.368 e. The second-order valence-electron chi connectivity index (χ2n) is 6.20. The standard InChI is InChI=1S/C15H23N/c1-12-9-10-13-7-5-6-8-14(13)16(12)11-15(2,3)4/h5-8,12H,9-11H2,1-4H3. The molecule has 1 aliphatic heterocycles. The molecule has 16 heavy (non-hydrogen) atoms. The van der Waals surface area contributed by atoms with Crippen LogP contribution in [0.1, 0.15) is 39.7 Å². The molecule has 0 fully saturated rings. The first-order valence-electron chi connectivity index (χ1n) is 6.32. The lowest BCUT2D eigenvalue weighted by molar-refractivity contribution is 0.383. The van der Waals surface area contributed by atoms with E-state index in [1.807, 2.05) is 0 Å². The Kier molecular flexibility index (Phi) is 2.96. The summed E-state index contributed by atoms with van der Waals surface area (Å²) >= 11 is 0. The predicted octanol–water partition coefficient (Wildman–Crippen LogP) is 3.87. The molecule has 0 bridgehead atoms. The fraction of sp³-hybridized carbons (Fsp3) is 0.600. The van der Waals surface area contributed by atoms with Gasteiger partial charge in [0.1, 0.15) is 0 Å². The number of nitrogens with zero attached hydrogens (tertiary/aromatic N) is 1. The summed E-state index contributed by atoms with van der Waals surface area (Å²) in [7, 11) is 0. The third-order valence-corrected chi connectivity index (χ3v) is 3.31. The van der Waals surface area contributed by atoms with Crippen molar-refractivity contribution < 1.29 is 0 Å². The second-order valence-corrected chi connectivity index (χ2v) is 6.20. The monoisotopic (exact) mass is 217 g/mol. The Bertz CT molecular complexity index is 362. The summed E-state index contributed by atoms with van der Waals surface area (Å²) in [5, 5.41) is 0. The molecule has 0 aliphatic carbocycles. The Morgan fingerprint density at radius 3 is 2.62 bits per heavy atom. The van der Waals surface area contributed by atoms with Gasteiger partial charge in [-0.3, -0.25) is 0 Å². The van der Waals surface area contributed by atoms with Crippen LogP contribution in [0.4, 0.5) is 5.69 Å². The van der Waals surface area contributed by atoms with E-state index >= 15 is 0 Å². The zero-order valence-corrected chi connectivity index (χ0v) is 11.0. The van der Waals surface area contributed by atoms with Crippen LogP contribution in [0.25, 0.3) is 0 Å². The minimum atomic E-state index is 0.360. The van der Waals surface area contributed by atoms with Gasteiger partial charge in [0.05, 0.1) is 0 Å². The Hall–Kier alpha value is -0.980. The first-order chi connectivity index (χ1) is 7.47. The minimum absolute atomic E-state index is 0.360. The Morgan fingerprint density at radius 2 is 1.94 bits per heavy atom. The van der Waals surface area contributed by atoms with Crippen molar-refractivity contribution in [2.24, 2.45) is 5.41 Å². The molecule has 1 heterocycles. The highest BCUT2D eigenvalue weighted by Gasteiger charge is 2.26. The van der Waals surface area contributed by atoms with Crippen LogP contribution in [-0.2, 0) is 6.42 Å². The number of hydrogen-bond acceptors (Lipinski definition) is 1. The Morgan fingerprint density at radius 1 is 1.25 bits per heavy atom. The van der Waals surface area contributed by atoms with Crippen LogP contribution in [0.15, 0.2) is 24.3 Å². The summed E-state index contributed by atoms with van der Waals surface area (Å²) in [4.78, 5) is 2.58. The van der Waals surface area contributed by atoms with Gasteiger partial charge in [-0.25, -0.2) is 0 Å². The van der Waals surface area contributed by atoms with Crippen LogP contribution in [0.3, 0.4) is 0 Å². The van der Waals surface area contributed by atoms with Crippen molar-refractivity contribution in [3.05, 3.63) is 29.8 Å². The Balaban J connectivity index is 2.30. The summed E-state index contributed by atoms with van der Waals surface area (Å²) in [5.41, 5.74) is 3.33. The van der Waals surface area contributed by atoms with E-state index in [9.17, 15) is 0 Å². The molecule has 1 atom stereocenters. The number of benzene rings is 1. The highest BCUT2D eigenvalue weighted by Crippen LogP contribution is 2.32. The molecular formula is C15H23N. The maximum atomic E-state index is 2.58. The zero-order valence-electron chi connectivity index (χ0n) is 11.0. The number of aryl methyl sites for hydroxylation is 1. The summed E-state index contributed by atoms with van der Waals surface area (Å²) in [6.07, 6.45) is 2.52. The molecule has 1 heteroatoms. The smallest absolute Gasteiger partial charge is 0.0401 e. The predicted molar refractivity (Wildman–Crippen MR) is 71.0 cm³/mol. The van der Waals surface area contributed by atoms with Gasteiger partial charge in [0.15, 0.2) is 0 Å². The first-order valence-corrected chi connectivity index (χ1v) is 6.32. The van der Waals surface area contributed by atoms with Gasteiger partial charge in [0.25, 0.3) is 0 Å². The fourth-order valence-electron chi connectivity index (χ4n) is 2.51. The van der Waals surface area contributed by atoms with Crippen LogP contribution in [0.2, 0.25) is 0 Å². The number of hydrogen-bond donors (Lipinski definition) is 0. The van der Waals surface area contributed by atoms with Gasteiger partial charge in [0, 0.05) is 18.3 Å². The van der Waals surface area contributed by atoms with Crippen molar-refractivity contribution in [1.82, 2.24) is 0 Å². The third kappa shape index (κ3) is 2.40. The second kappa shape index (κ2) is 4.12. The summed E-state index contributed by atoms with van der Waals surface area (Å²) in [5.74, 6) is 0. The molecule has 1 unspecified atom stereocenters. The van der Waals surface area contributed by atoms with Crippen molar-refractivity contribution in [1.29, 1.82) is 0 Å². The lowest BCUT2D eigenvalue weighted by Gasteiger charge is -2.40. The summed E-state index contributed by atoms with van der Waals surface area (Å²) in [6.45, 7) is 10.4. The van der Waals surface area contributed by atoms with E-state index in [1.165, 1.54) is 24.1 Å². The first kappa shape index (κ1) is 11.5. The maximum absolute atomic E-state index is 2.58. The summed E-state index contributed by atoms with van der Waals surface area (Å²) < 4.78 is 0. The number of anilines is 1. The lowest BCUT2D eigenvalue weighted by atomic mass is 9.90. The molecule has 0 saturated heterocycles. The zero-order chi connectivity index (χ0) is 11.8. The lowest BCUT2D eigenvalue weighted by Crippen LogP contribution is -2.42. The van der Waals surface area contributed by atoms with Crippen LogP contribution in [0, 0.1) is 5.41 Å². The molecular weight excluding hydrogens is 194 g/mol. The van der Waals surface area contributed by atoms with E-state index in [1.54, 1.807) is 0 Å². The quantitative estimate of drug-likeness (QED) is 0.690. The fourth-order valence-corrected chi connectivity index (χ4v) is 2.51. The Labute approximate surface area is 99.5 Å². The van der Waals surface area contributed by atoms with E-state index in [4.69, 9.17) is 0 Å². The molecule has 0 spiro atoms. The molecule has 1 aliphatic rings. The molecule has 88 valence electrons. The van der Waals surface area contributed by atoms with Crippen LogP contribution in [-0.4, -0.2) is 12.6 Å². The molecule has 0 aromatic heterocycles. The normalized spacial score (nSPS) is 20.8. The van der Waals surface area contributed by atoms with E-state index < -0.39 is 0 Å². The van der Waals surface area contributed by atoms with Gasteiger partial charge >= 0.3 is 0 Å². The molecule has 0 saturated carbocycles. The topological polar surface area (TPSA) is 3.24 Å². The van der Waals surface area contributed by atoms with Gasteiger partial charge in [-0.15, -0.1) is 0 Å². The molecule has 1 aromatic carbocycles. The molecule has 2 rings (SSSR count). The van der Waals surface area contributed by atoms with Crippen molar-refractivity contribution in [3.63, 3.8) is 0 Å². The van der Waals surface area contributed by atoms with Gasteiger partial charge in [0.2, 0.25) is 0 Å². The summed E-state index contributed by atoms with van der Waals surface area (Å²) in [6, 6.07) is 9.54. The van der Waals surface area contributed by atoms with Crippen molar-refractivity contribution in [2.45, 2.75) is 46.6 Å². The molecule has 0 amide bonds. The average molecular weight is 217 g/mol. The van der Waals surface area contributed by atoms with Crippen molar-refractivity contribution in [2.75, 3.05) is 11.4 Å². The van der Waals surface area contributed by atoms with Gasteiger partial charge in [-0.05, 0) is 36.8 Å². The number of fused-ring (bicyclic) bond motifs is 1. The van der Waals surface area contributed by atoms with E-state index in [0.717, 1.165) is 6.54 Å². The van der Waals surface area contributed by atoms with E-state index in [0.29, 0.717) is 11.5 Å². The third-order valence-electron chi connectivity index (χ3n) is 3.31. The van der Waals surface area contributed by atoms with E-state index in [2.05, 4.69) is 56.9 Å². The minimum Gasteiger partial charge on any atom is -0.368 e. The van der Waals surface area contributed by atoms with Gasteiger partial charge in [-0.2, -0.15) is 0 Å². The molecule has 1 aromatic rings. The average Bonchev–Trinajstić information content (AvgIpc) is 2.21. The molecule has 0 radical (unpaired) electrons. The van der Waals surface area contributed by atoms with Crippen molar-refractivity contribution in [3.8, 4) is 0 Å². The van der Waals surface area contributed by atoms with Crippen molar-refractivity contribution >= 4 is 5.69 Å². The SMILES string of the molecule is CC1CCc2ccccc2N1CC(C)(C)C. The molecule has 0 N–H and O–H groups in total. The van der Waals surface area contributed by atoms with Crippen LogP contribution in [0.5, 0.6) is 0 Å². The van der Waals surface area contributed by atoms with Crippen LogP contribution >= 0.6 is 0 Å². The van der Waals surface area contributed by atoms with Crippen LogP contribution < -0.4 is 4.90 Å². The molecule has 1 nitrogen and oxygen atoms in total.